The zero-order valence-electron chi connectivity index (χ0n) is 7.65. The minimum Gasteiger partial charge on any atom is -0.126 e. The predicted molar refractivity (Wildman–Crippen MR) is 60.0 cm³/mol. The molecule has 0 aliphatic carbocycles. The molecule has 66 valence electrons. The van der Waals surface area contributed by atoms with Gasteiger partial charge in [0.2, 0.25) is 0 Å². The van der Waals surface area contributed by atoms with Crippen LogP contribution in [0.2, 0.25) is 0 Å². The maximum Gasteiger partial charge on any atom is 0.0207 e. The average molecular weight is 245 g/mol. The summed E-state index contributed by atoms with van der Waals surface area (Å²) < 4.78 is 1.21. The summed E-state index contributed by atoms with van der Waals surface area (Å²) in [4.78, 5) is 1.40. The minimum absolute atomic E-state index is 1.14. The lowest BCUT2D eigenvalue weighted by atomic mass is 10.2. The number of rotatable bonds is 2. The van der Waals surface area contributed by atoms with Crippen molar-refractivity contribution in [2.24, 2.45) is 0 Å². The van der Waals surface area contributed by atoms with E-state index in [1.165, 1.54) is 20.5 Å². The Balaban J connectivity index is 3.05. The second-order valence-electron chi connectivity index (χ2n) is 2.80. The Morgan fingerprint density at radius 3 is 2.50 bits per heavy atom. The van der Waals surface area contributed by atoms with Crippen LogP contribution in [-0.4, -0.2) is 5.75 Å². The van der Waals surface area contributed by atoms with Crippen molar-refractivity contribution in [1.82, 2.24) is 0 Å². The van der Waals surface area contributed by atoms with Crippen LogP contribution >= 0.6 is 27.7 Å². The number of halogens is 1. The molecule has 0 fully saturated rings. The molecule has 0 heterocycles. The molecule has 0 aromatic heterocycles. The maximum atomic E-state index is 3.52. The maximum absolute atomic E-state index is 3.52. The minimum atomic E-state index is 1.14. The molecule has 0 nitrogen and oxygen atoms in total. The molecule has 0 aliphatic rings. The van der Waals surface area contributed by atoms with Gasteiger partial charge in [0.05, 0.1) is 0 Å². The van der Waals surface area contributed by atoms with Gasteiger partial charge in [0.25, 0.3) is 0 Å². The van der Waals surface area contributed by atoms with Crippen molar-refractivity contribution < 1.29 is 0 Å². The van der Waals surface area contributed by atoms with Crippen molar-refractivity contribution in [2.45, 2.75) is 25.7 Å². The van der Waals surface area contributed by atoms with Gasteiger partial charge in [-0.15, -0.1) is 11.8 Å². The molecule has 2 heteroatoms. The van der Waals surface area contributed by atoms with E-state index < -0.39 is 0 Å². The van der Waals surface area contributed by atoms with E-state index in [1.807, 2.05) is 11.8 Å². The van der Waals surface area contributed by atoms with Crippen LogP contribution in [0.5, 0.6) is 0 Å². The third-order valence-corrected chi connectivity index (χ3v) is 3.65. The fourth-order valence-corrected chi connectivity index (χ4v) is 2.38. The van der Waals surface area contributed by atoms with Crippen LogP contribution in [0.4, 0.5) is 0 Å². The summed E-state index contributed by atoms with van der Waals surface area (Å²) in [7, 11) is 0. The number of benzene rings is 1. The predicted octanol–water partition coefficient (Wildman–Crippen LogP) is 4.18. The summed E-state index contributed by atoms with van der Waals surface area (Å²) in [6.45, 7) is 6.47. The highest BCUT2D eigenvalue weighted by atomic mass is 79.9. The fraction of sp³-hybridized carbons (Fsp3) is 0.400. The lowest BCUT2D eigenvalue weighted by molar-refractivity contribution is 1.24. The average Bonchev–Trinajstić information content (AvgIpc) is 2.01. The van der Waals surface area contributed by atoms with Crippen molar-refractivity contribution in [3.63, 3.8) is 0 Å². The van der Waals surface area contributed by atoms with Crippen LogP contribution in [0, 0.1) is 13.8 Å². The van der Waals surface area contributed by atoms with Crippen molar-refractivity contribution >= 4 is 27.7 Å². The molecular formula is C10H13BrS. The summed E-state index contributed by atoms with van der Waals surface area (Å²) in [5.74, 6) is 1.14. The molecule has 0 amide bonds. The summed E-state index contributed by atoms with van der Waals surface area (Å²) in [5, 5.41) is 0. The summed E-state index contributed by atoms with van der Waals surface area (Å²) in [6.07, 6.45) is 0. The SMILES string of the molecule is CCSc1cc(C)c(Br)cc1C. The van der Waals surface area contributed by atoms with Gasteiger partial charge in [-0.25, -0.2) is 0 Å². The van der Waals surface area contributed by atoms with Gasteiger partial charge in [0.1, 0.15) is 0 Å². The first kappa shape index (κ1) is 10.1. The Bertz CT molecular complexity index is 281. The highest BCUT2D eigenvalue weighted by molar-refractivity contribution is 9.10. The second-order valence-corrected chi connectivity index (χ2v) is 4.96. The first-order valence-electron chi connectivity index (χ1n) is 4.04. The standard InChI is InChI=1S/C10H13BrS/c1-4-12-10-6-7(2)9(11)5-8(10)3/h5-6H,4H2,1-3H3. The first-order chi connectivity index (χ1) is 5.65. The molecule has 0 atom stereocenters. The van der Waals surface area contributed by atoms with Crippen LogP contribution < -0.4 is 0 Å². The molecule has 1 aromatic carbocycles. The number of hydrogen-bond acceptors (Lipinski definition) is 1. The van der Waals surface area contributed by atoms with Gasteiger partial charge >= 0.3 is 0 Å². The van der Waals surface area contributed by atoms with Crippen molar-refractivity contribution in [2.75, 3.05) is 5.75 Å². The van der Waals surface area contributed by atoms with Gasteiger partial charge in [-0.1, -0.05) is 22.9 Å². The van der Waals surface area contributed by atoms with E-state index >= 15 is 0 Å². The van der Waals surface area contributed by atoms with Crippen LogP contribution in [0.1, 0.15) is 18.1 Å². The van der Waals surface area contributed by atoms with E-state index in [0.29, 0.717) is 0 Å². The Morgan fingerprint density at radius 1 is 1.25 bits per heavy atom. The van der Waals surface area contributed by atoms with Gasteiger partial charge in [0, 0.05) is 9.37 Å². The molecule has 0 bridgehead atoms. The van der Waals surface area contributed by atoms with Crippen molar-refractivity contribution in [1.29, 1.82) is 0 Å². The normalized spacial score (nSPS) is 10.3. The van der Waals surface area contributed by atoms with E-state index in [1.54, 1.807) is 0 Å². The number of thioether (sulfide) groups is 1. The zero-order valence-corrected chi connectivity index (χ0v) is 10.1. The lowest BCUT2D eigenvalue weighted by Crippen LogP contribution is -1.84. The first-order valence-corrected chi connectivity index (χ1v) is 5.82. The Morgan fingerprint density at radius 2 is 1.92 bits per heavy atom. The highest BCUT2D eigenvalue weighted by Crippen LogP contribution is 2.27. The van der Waals surface area contributed by atoms with Crippen LogP contribution in [0.25, 0.3) is 0 Å². The van der Waals surface area contributed by atoms with E-state index in [0.717, 1.165) is 5.75 Å². The molecule has 0 aliphatic heterocycles. The van der Waals surface area contributed by atoms with E-state index in [2.05, 4.69) is 48.8 Å². The van der Waals surface area contributed by atoms with Gasteiger partial charge in [-0.05, 0) is 42.9 Å². The second kappa shape index (κ2) is 4.33. The zero-order chi connectivity index (χ0) is 9.14. The number of aryl methyl sites for hydroxylation is 2. The molecule has 0 radical (unpaired) electrons. The van der Waals surface area contributed by atoms with E-state index in [4.69, 9.17) is 0 Å². The summed E-state index contributed by atoms with van der Waals surface area (Å²) in [6, 6.07) is 4.43. The van der Waals surface area contributed by atoms with Gasteiger partial charge < -0.3 is 0 Å². The van der Waals surface area contributed by atoms with Crippen LogP contribution in [0.3, 0.4) is 0 Å². The molecule has 0 saturated carbocycles. The van der Waals surface area contributed by atoms with Crippen molar-refractivity contribution in [3.8, 4) is 0 Å². The fourth-order valence-electron chi connectivity index (χ4n) is 1.07. The topological polar surface area (TPSA) is 0 Å². The van der Waals surface area contributed by atoms with Crippen LogP contribution in [-0.2, 0) is 0 Å². The molecule has 0 saturated heterocycles. The summed E-state index contributed by atoms with van der Waals surface area (Å²) in [5.41, 5.74) is 2.68. The highest BCUT2D eigenvalue weighted by Gasteiger charge is 2.01. The number of hydrogen-bond donors (Lipinski definition) is 0. The smallest absolute Gasteiger partial charge is 0.0207 e. The quantitative estimate of drug-likeness (QED) is 0.704. The molecule has 0 N–H and O–H groups in total. The van der Waals surface area contributed by atoms with E-state index in [9.17, 15) is 0 Å². The molecule has 12 heavy (non-hydrogen) atoms. The Hall–Kier alpha value is 0.0500. The molecule has 1 rings (SSSR count). The monoisotopic (exact) mass is 244 g/mol. The summed E-state index contributed by atoms with van der Waals surface area (Å²) >= 11 is 5.43. The largest absolute Gasteiger partial charge is 0.126 e. The Kier molecular flexibility index (Phi) is 3.66. The van der Waals surface area contributed by atoms with Crippen molar-refractivity contribution in [3.05, 3.63) is 27.7 Å². The lowest BCUT2D eigenvalue weighted by Gasteiger charge is -2.06. The molecule has 0 spiro atoms. The molecule has 0 unspecified atom stereocenters. The van der Waals surface area contributed by atoms with Crippen LogP contribution in [0.15, 0.2) is 21.5 Å². The molecule has 1 aromatic rings. The Labute approximate surface area is 86.9 Å². The van der Waals surface area contributed by atoms with E-state index in [-0.39, 0.29) is 0 Å². The van der Waals surface area contributed by atoms with Gasteiger partial charge in [-0.3, -0.25) is 0 Å². The van der Waals surface area contributed by atoms with Gasteiger partial charge in [0.15, 0.2) is 0 Å². The third-order valence-electron chi connectivity index (χ3n) is 1.76. The third kappa shape index (κ3) is 2.27. The molecular weight excluding hydrogens is 232 g/mol. The van der Waals surface area contributed by atoms with Gasteiger partial charge in [-0.2, -0.15) is 0 Å².